The first-order chi connectivity index (χ1) is 28.9. The molecule has 0 aliphatic rings. The van der Waals surface area contributed by atoms with Gasteiger partial charge in [0.2, 0.25) is 41.4 Å². The van der Waals surface area contributed by atoms with E-state index >= 15 is 0 Å². The minimum Gasteiger partial charge on any atom is -0.508 e. The Kier molecular flexibility index (Phi) is 19.8. The molecule has 0 bridgehead atoms. The average Bonchev–Trinajstić information content (AvgIpc) is 3.16. The van der Waals surface area contributed by atoms with Gasteiger partial charge in [-0.05, 0) is 62.8 Å². The highest BCUT2D eigenvalue weighted by Gasteiger charge is 2.35. The molecule has 0 saturated heterocycles. The highest BCUT2D eigenvalue weighted by Crippen LogP contribution is 2.14. The van der Waals surface area contributed by atoms with E-state index < -0.39 is 120 Å². The number of hydrogen-bond acceptors (Lipinski definition) is 11. The second-order valence-electron chi connectivity index (χ2n) is 16.4. The molecule has 0 heterocycles. The Morgan fingerprint density at radius 1 is 0.597 bits per heavy atom. The monoisotopic (exact) mass is 868 g/mol. The minimum atomic E-state index is -1.63. The van der Waals surface area contributed by atoms with Crippen molar-refractivity contribution in [1.82, 2.24) is 37.2 Å². The van der Waals surface area contributed by atoms with Crippen molar-refractivity contribution in [3.8, 4) is 5.75 Å². The molecule has 11 N–H and O–H groups in total. The lowest BCUT2D eigenvalue weighted by Gasteiger charge is -2.29. The highest BCUT2D eigenvalue weighted by molar-refractivity contribution is 5.98. The number of benzene rings is 2. The molecule has 0 aromatic heterocycles. The van der Waals surface area contributed by atoms with Crippen LogP contribution >= 0.6 is 0 Å². The standard InChI is InChI=1S/C42H60N8O12/c1-22(2)33(39(59)47-30(20-32(53)54)36(56)44-21-31(43)52)50-40(60)34(23(3)4)49-38(58)28(18-25-12-10-9-11-13-25)46-35(55)24(5)45-37(57)29(48-41(61)62-42(6,7)8)19-26-14-16-27(51)17-15-26/h9-17,22-24,28-30,33-34,51H,18-21H2,1-8H3,(H2,43,52)(H,44,56)(H,45,57)(H,46,55)(H,47,59)(H,48,61)(H,49,58)(H,50,60)(H,53,54)/t24-,28+,29+,30+,33+,34+/m1/s1. The maximum absolute atomic E-state index is 14.0. The van der Waals surface area contributed by atoms with Crippen LogP contribution in [0, 0.1) is 11.8 Å². The summed E-state index contributed by atoms with van der Waals surface area (Å²) in [4.78, 5) is 116. The van der Waals surface area contributed by atoms with Crippen LogP contribution in [0.3, 0.4) is 0 Å². The van der Waals surface area contributed by atoms with Gasteiger partial charge in [0, 0.05) is 12.8 Å². The highest BCUT2D eigenvalue weighted by atomic mass is 16.6. The topological polar surface area (TPSA) is 314 Å². The molecule has 0 unspecified atom stereocenters. The van der Waals surface area contributed by atoms with Gasteiger partial charge in [-0.1, -0.05) is 70.2 Å². The smallest absolute Gasteiger partial charge is 0.408 e. The second-order valence-corrected chi connectivity index (χ2v) is 16.4. The van der Waals surface area contributed by atoms with Gasteiger partial charge < -0.3 is 57.9 Å². The zero-order chi connectivity index (χ0) is 46.9. The Bertz CT molecular complexity index is 1900. The summed E-state index contributed by atoms with van der Waals surface area (Å²) in [6, 6.07) is 6.59. The molecule has 0 saturated carbocycles. The predicted octanol–water partition coefficient (Wildman–Crippen LogP) is -0.0972. The van der Waals surface area contributed by atoms with Crippen LogP contribution in [0.25, 0.3) is 0 Å². The summed E-state index contributed by atoms with van der Waals surface area (Å²) in [6.07, 6.45) is -1.81. The Morgan fingerprint density at radius 3 is 1.56 bits per heavy atom. The Balaban J connectivity index is 2.30. The van der Waals surface area contributed by atoms with Crippen LogP contribution in [0.4, 0.5) is 4.79 Å². The number of nitrogens with one attached hydrogen (secondary N) is 7. The molecule has 8 amide bonds. The van der Waals surface area contributed by atoms with Crippen LogP contribution < -0.4 is 43.0 Å². The zero-order valence-electron chi connectivity index (χ0n) is 36.2. The number of carboxylic acids is 1. The van der Waals surface area contributed by atoms with Crippen molar-refractivity contribution in [3.63, 3.8) is 0 Å². The van der Waals surface area contributed by atoms with Gasteiger partial charge in [-0.3, -0.25) is 38.4 Å². The first kappa shape index (κ1) is 51.4. The number of hydrogen-bond donors (Lipinski definition) is 10. The largest absolute Gasteiger partial charge is 0.508 e. The number of phenols is 1. The molecule has 6 atom stereocenters. The first-order valence-corrected chi connectivity index (χ1v) is 20.0. The summed E-state index contributed by atoms with van der Waals surface area (Å²) in [6.45, 7) is 12.1. The van der Waals surface area contributed by atoms with Gasteiger partial charge in [0.15, 0.2) is 0 Å². The summed E-state index contributed by atoms with van der Waals surface area (Å²) in [5.41, 5.74) is 5.39. The van der Waals surface area contributed by atoms with Gasteiger partial charge in [-0.2, -0.15) is 0 Å². The lowest BCUT2D eigenvalue weighted by molar-refractivity contribution is -0.141. The van der Waals surface area contributed by atoms with E-state index in [9.17, 15) is 53.4 Å². The number of carbonyl (C=O) groups is 9. The van der Waals surface area contributed by atoms with E-state index in [4.69, 9.17) is 10.5 Å². The van der Waals surface area contributed by atoms with E-state index in [-0.39, 0.29) is 18.6 Å². The van der Waals surface area contributed by atoms with E-state index in [0.717, 1.165) is 0 Å². The van der Waals surface area contributed by atoms with Crippen molar-refractivity contribution < 1.29 is 58.1 Å². The van der Waals surface area contributed by atoms with Gasteiger partial charge >= 0.3 is 12.1 Å². The van der Waals surface area contributed by atoms with E-state index in [1.54, 1.807) is 90.9 Å². The van der Waals surface area contributed by atoms with E-state index in [1.165, 1.54) is 19.1 Å². The maximum atomic E-state index is 14.0. The minimum absolute atomic E-state index is 0.00687. The van der Waals surface area contributed by atoms with Crippen LogP contribution in [0.1, 0.15) is 72.9 Å². The summed E-state index contributed by atoms with van der Waals surface area (Å²) in [5, 5.41) is 36.4. The molecule has 20 heteroatoms. The molecule has 62 heavy (non-hydrogen) atoms. The van der Waals surface area contributed by atoms with E-state index in [2.05, 4.69) is 37.2 Å². The molecule has 2 aromatic carbocycles. The third kappa shape index (κ3) is 18.3. The number of ether oxygens (including phenoxy) is 1. The van der Waals surface area contributed by atoms with Crippen LogP contribution in [-0.4, -0.2) is 112 Å². The molecule has 2 aromatic rings. The number of alkyl carbamates (subject to hydrolysis) is 1. The summed E-state index contributed by atoms with van der Waals surface area (Å²) < 4.78 is 5.33. The maximum Gasteiger partial charge on any atom is 0.408 e. The number of rotatable bonds is 22. The van der Waals surface area contributed by atoms with Crippen molar-refractivity contribution in [2.75, 3.05) is 6.54 Å². The van der Waals surface area contributed by atoms with Crippen molar-refractivity contribution in [2.24, 2.45) is 17.6 Å². The second kappa shape index (κ2) is 23.9. The van der Waals surface area contributed by atoms with Crippen LogP contribution in [0.2, 0.25) is 0 Å². The van der Waals surface area contributed by atoms with Crippen LogP contribution in [0.15, 0.2) is 54.6 Å². The molecule has 0 radical (unpaired) electrons. The zero-order valence-corrected chi connectivity index (χ0v) is 36.2. The molecule has 0 spiro atoms. The van der Waals surface area contributed by atoms with Crippen molar-refractivity contribution >= 4 is 53.4 Å². The normalized spacial score (nSPS) is 14.1. The molecule has 340 valence electrons. The molecule has 0 aliphatic heterocycles. The molecule has 2 rings (SSSR count). The fraction of sp³-hybridized carbons (Fsp3) is 0.500. The number of nitrogens with two attached hydrogens (primary N) is 1. The summed E-state index contributed by atoms with van der Waals surface area (Å²) in [5.74, 6) is -8.57. The Morgan fingerprint density at radius 2 is 1.06 bits per heavy atom. The predicted molar refractivity (Wildman–Crippen MR) is 225 cm³/mol. The lowest BCUT2D eigenvalue weighted by atomic mass is 9.98. The number of primary amides is 1. The third-order valence-electron chi connectivity index (χ3n) is 8.99. The number of carboxylic acid groups (broad SMARTS) is 1. The quantitative estimate of drug-likeness (QED) is 0.0743. The number of amides is 8. The third-order valence-corrected chi connectivity index (χ3v) is 8.99. The molecule has 0 aliphatic carbocycles. The molecule has 0 fully saturated rings. The number of aromatic hydroxyl groups is 1. The fourth-order valence-electron chi connectivity index (χ4n) is 5.77. The van der Waals surface area contributed by atoms with Crippen molar-refractivity contribution in [2.45, 2.75) is 117 Å². The summed E-state index contributed by atoms with van der Waals surface area (Å²) in [7, 11) is 0. The number of aliphatic carboxylic acids is 1. The summed E-state index contributed by atoms with van der Waals surface area (Å²) >= 11 is 0. The van der Waals surface area contributed by atoms with E-state index in [0.29, 0.717) is 11.1 Å². The first-order valence-electron chi connectivity index (χ1n) is 20.0. The fourth-order valence-corrected chi connectivity index (χ4v) is 5.77. The number of phenolic OH excluding ortho intramolecular Hbond substituents is 1. The van der Waals surface area contributed by atoms with Gasteiger partial charge in [0.05, 0.1) is 13.0 Å². The Labute approximate surface area is 360 Å². The van der Waals surface area contributed by atoms with Crippen molar-refractivity contribution in [1.29, 1.82) is 0 Å². The molecule has 20 nitrogen and oxygen atoms in total. The SMILES string of the molecule is CC(C)[C@H](NC(=O)[C@H](Cc1ccccc1)NC(=O)[C@@H](C)NC(=O)[C@H](Cc1ccc(O)cc1)NC(=O)OC(C)(C)C)C(=O)N[C@H](C(=O)N[C@@H](CC(=O)O)C(=O)NCC(N)=O)C(C)C. The lowest BCUT2D eigenvalue weighted by Crippen LogP contribution is -2.61. The number of carbonyl (C=O) groups excluding carboxylic acids is 8. The van der Waals surface area contributed by atoms with E-state index in [1.807, 2.05) is 0 Å². The average molecular weight is 869 g/mol. The molecular formula is C42H60N8O12. The van der Waals surface area contributed by atoms with Gasteiger partial charge in [0.25, 0.3) is 0 Å². The van der Waals surface area contributed by atoms with Gasteiger partial charge in [-0.25, -0.2) is 4.79 Å². The van der Waals surface area contributed by atoms with Crippen LogP contribution in [0.5, 0.6) is 5.75 Å². The van der Waals surface area contributed by atoms with Crippen LogP contribution in [-0.2, 0) is 55.9 Å². The van der Waals surface area contributed by atoms with Gasteiger partial charge in [0.1, 0.15) is 47.6 Å². The Hall–Kier alpha value is -6.73. The molecular weight excluding hydrogens is 809 g/mol. The van der Waals surface area contributed by atoms with Crippen molar-refractivity contribution in [3.05, 3.63) is 65.7 Å². The van der Waals surface area contributed by atoms with Gasteiger partial charge in [-0.15, -0.1) is 0 Å².